The van der Waals surface area contributed by atoms with Crippen molar-refractivity contribution in [1.29, 1.82) is 0 Å². The molecule has 1 aliphatic carbocycles. The molecular weight excluding hydrogens is 797 g/mol. The van der Waals surface area contributed by atoms with Crippen LogP contribution in [0, 0.1) is 0 Å². The van der Waals surface area contributed by atoms with Crippen molar-refractivity contribution in [3.05, 3.63) is 242 Å². The van der Waals surface area contributed by atoms with Gasteiger partial charge in [-0.15, -0.1) is 0 Å². The Bertz CT molecular complexity index is 3740. The van der Waals surface area contributed by atoms with Crippen LogP contribution in [0.4, 0.5) is 17.1 Å². The first-order valence-electron chi connectivity index (χ1n) is 23.4. The third kappa shape index (κ3) is 6.25. The summed E-state index contributed by atoms with van der Waals surface area (Å²) >= 11 is 0. The van der Waals surface area contributed by atoms with E-state index < -0.39 is 0 Å². The Kier molecular flexibility index (Phi) is 9.16. The Morgan fingerprint density at radius 3 is 1.55 bits per heavy atom. The first-order chi connectivity index (χ1) is 32.8. The predicted octanol–water partition coefficient (Wildman–Crippen LogP) is 17.6. The van der Waals surface area contributed by atoms with Crippen molar-refractivity contribution in [3.63, 3.8) is 0 Å². The second kappa shape index (κ2) is 15.8. The van der Waals surface area contributed by atoms with Gasteiger partial charge in [-0.3, -0.25) is 0 Å². The van der Waals surface area contributed by atoms with Gasteiger partial charge in [0.25, 0.3) is 0 Å². The molecule has 12 aromatic rings. The maximum absolute atomic E-state index is 2.52. The quantitative estimate of drug-likeness (QED) is 0.145. The fraction of sp³-hybridized carbons (Fsp3) is 0.0625. The summed E-state index contributed by atoms with van der Waals surface area (Å²) < 4.78 is 2.52. The van der Waals surface area contributed by atoms with E-state index in [0.29, 0.717) is 0 Å². The summed E-state index contributed by atoms with van der Waals surface area (Å²) in [5.74, 6) is 0. The van der Waals surface area contributed by atoms with Crippen LogP contribution in [0.3, 0.4) is 0 Å². The number of para-hydroxylation sites is 1. The molecule has 0 radical (unpaired) electrons. The van der Waals surface area contributed by atoms with Crippen molar-refractivity contribution in [2.75, 3.05) is 4.90 Å². The van der Waals surface area contributed by atoms with Crippen LogP contribution in [0.25, 0.3) is 93.2 Å². The summed E-state index contributed by atoms with van der Waals surface area (Å²) in [6.45, 7) is 0. The number of aryl methyl sites for hydroxylation is 1. The van der Waals surface area contributed by atoms with E-state index in [4.69, 9.17) is 0 Å². The predicted molar refractivity (Wildman–Crippen MR) is 281 cm³/mol. The molecule has 0 bridgehead atoms. The highest BCUT2D eigenvalue weighted by molar-refractivity contribution is 6.21. The van der Waals surface area contributed by atoms with E-state index in [1.807, 2.05) is 0 Å². The molecule has 312 valence electrons. The van der Waals surface area contributed by atoms with Crippen LogP contribution in [0.5, 0.6) is 0 Å². The second-order valence-corrected chi connectivity index (χ2v) is 17.8. The molecule has 0 spiro atoms. The van der Waals surface area contributed by atoms with Crippen molar-refractivity contribution < 1.29 is 0 Å². The van der Waals surface area contributed by atoms with Gasteiger partial charge in [0.2, 0.25) is 0 Å². The van der Waals surface area contributed by atoms with E-state index in [-0.39, 0.29) is 0 Å². The highest BCUT2D eigenvalue weighted by Gasteiger charge is 2.22. The van der Waals surface area contributed by atoms with Crippen molar-refractivity contribution >= 4 is 71.2 Å². The number of fused-ring (bicyclic) bond motifs is 7. The van der Waals surface area contributed by atoms with Crippen LogP contribution in [0.1, 0.15) is 24.0 Å². The Hall–Kier alpha value is -8.20. The summed E-state index contributed by atoms with van der Waals surface area (Å²) in [4.78, 5) is 2.43. The first-order valence-corrected chi connectivity index (χ1v) is 23.4. The van der Waals surface area contributed by atoms with Gasteiger partial charge in [0.1, 0.15) is 0 Å². The largest absolute Gasteiger partial charge is 0.310 e. The molecule has 11 aromatic carbocycles. The molecule has 2 heteroatoms. The average Bonchev–Trinajstić information content (AvgIpc) is 3.72. The van der Waals surface area contributed by atoms with Crippen LogP contribution in [0.15, 0.2) is 231 Å². The number of hydrogen-bond donors (Lipinski definition) is 0. The molecule has 0 N–H and O–H groups in total. The van der Waals surface area contributed by atoms with E-state index >= 15 is 0 Å². The molecule has 1 aromatic heterocycles. The molecule has 0 saturated carbocycles. The van der Waals surface area contributed by atoms with E-state index in [0.717, 1.165) is 29.9 Å². The molecule has 0 aliphatic heterocycles. The van der Waals surface area contributed by atoms with Crippen molar-refractivity contribution in [1.82, 2.24) is 4.57 Å². The zero-order valence-corrected chi connectivity index (χ0v) is 36.7. The highest BCUT2D eigenvalue weighted by Crippen LogP contribution is 2.46. The summed E-state index contributed by atoms with van der Waals surface area (Å²) in [5, 5.41) is 10.1. The maximum Gasteiger partial charge on any atom is 0.0542 e. The second-order valence-electron chi connectivity index (χ2n) is 17.8. The smallest absolute Gasteiger partial charge is 0.0542 e. The van der Waals surface area contributed by atoms with Gasteiger partial charge in [0.15, 0.2) is 0 Å². The molecule has 1 aliphatic rings. The number of nitrogens with zero attached hydrogens (tertiary/aromatic N) is 2. The van der Waals surface area contributed by atoms with E-state index in [1.54, 1.807) is 0 Å². The Morgan fingerprint density at radius 2 is 0.848 bits per heavy atom. The van der Waals surface area contributed by atoms with Crippen LogP contribution >= 0.6 is 0 Å². The molecule has 0 fully saturated rings. The Balaban J connectivity index is 0.986. The maximum atomic E-state index is 2.52. The minimum absolute atomic E-state index is 1.10. The molecule has 66 heavy (non-hydrogen) atoms. The Morgan fingerprint density at radius 1 is 0.333 bits per heavy atom. The van der Waals surface area contributed by atoms with Crippen molar-refractivity contribution in [3.8, 4) is 39.1 Å². The van der Waals surface area contributed by atoms with Gasteiger partial charge in [-0.1, -0.05) is 176 Å². The summed E-state index contributed by atoms with van der Waals surface area (Å²) in [6, 6.07) is 85.3. The number of benzene rings is 11. The van der Waals surface area contributed by atoms with Gasteiger partial charge >= 0.3 is 0 Å². The van der Waals surface area contributed by atoms with Gasteiger partial charge in [-0.05, 0) is 157 Å². The minimum atomic E-state index is 1.10. The number of rotatable bonds is 7. The van der Waals surface area contributed by atoms with E-state index in [9.17, 15) is 0 Å². The van der Waals surface area contributed by atoms with Crippen molar-refractivity contribution in [2.24, 2.45) is 0 Å². The molecule has 0 unspecified atom stereocenters. The summed E-state index contributed by atoms with van der Waals surface area (Å²) in [6.07, 6.45) is 4.78. The van der Waals surface area contributed by atoms with Gasteiger partial charge in [-0.25, -0.2) is 0 Å². The zero-order chi connectivity index (χ0) is 43.6. The lowest BCUT2D eigenvalue weighted by Gasteiger charge is -2.26. The van der Waals surface area contributed by atoms with Gasteiger partial charge in [0, 0.05) is 33.5 Å². The Labute approximate surface area is 385 Å². The lowest BCUT2D eigenvalue weighted by molar-refractivity contribution is 0.682. The average molecular weight is 843 g/mol. The molecule has 13 rings (SSSR count). The monoisotopic (exact) mass is 842 g/mol. The van der Waals surface area contributed by atoms with Gasteiger partial charge in [0.05, 0.1) is 11.0 Å². The van der Waals surface area contributed by atoms with Crippen LogP contribution in [0.2, 0.25) is 0 Å². The zero-order valence-electron chi connectivity index (χ0n) is 36.7. The SMILES string of the molecule is c1ccc(-c2c3ccccc3c(-c3ccc(N(c4ccc(-c5cccc6ccccc56)cc4)c4ccc5c(c4)c4ccccc4n5-c4cccc5c4CCCC5)cc3)c3ccccc23)cc1. The highest BCUT2D eigenvalue weighted by atomic mass is 15.1. The fourth-order valence-corrected chi connectivity index (χ4v) is 11.2. The molecule has 0 amide bonds. The fourth-order valence-electron chi connectivity index (χ4n) is 11.2. The molecule has 0 atom stereocenters. The summed E-state index contributed by atoms with van der Waals surface area (Å²) in [7, 11) is 0. The van der Waals surface area contributed by atoms with Crippen LogP contribution in [-0.2, 0) is 12.8 Å². The van der Waals surface area contributed by atoms with Gasteiger partial charge < -0.3 is 9.47 Å². The molecule has 1 heterocycles. The number of hydrogen-bond acceptors (Lipinski definition) is 1. The van der Waals surface area contributed by atoms with E-state index in [2.05, 4.69) is 240 Å². The third-order valence-electron chi connectivity index (χ3n) is 14.2. The number of aromatic nitrogens is 1. The summed E-state index contributed by atoms with van der Waals surface area (Å²) in [5.41, 5.74) is 17.5. The molecule has 0 saturated heterocycles. The van der Waals surface area contributed by atoms with E-state index in [1.165, 1.54) is 117 Å². The van der Waals surface area contributed by atoms with Crippen molar-refractivity contribution in [2.45, 2.75) is 25.7 Å². The number of anilines is 3. The lowest BCUT2D eigenvalue weighted by Crippen LogP contribution is -2.10. The van der Waals surface area contributed by atoms with Crippen LogP contribution in [-0.4, -0.2) is 4.57 Å². The standard InChI is InChI=1S/C64H46N2/c1-2-18-46(19-3-1)63-55-25-8-10-27-57(55)64(58-28-11-9-26-56(58)63)47-34-38-49(39-35-47)65(48-36-32-45(33-37-48)52-29-14-20-43-16-4-6-22-51(43)52)50-40-41-62-59(42-50)54-24-12-13-30-61(54)66(62)60-31-15-21-44-17-5-7-23-53(44)60/h1-4,6,8-16,18-22,24-42H,5,7,17,23H2. The van der Waals surface area contributed by atoms with Crippen LogP contribution < -0.4 is 4.90 Å². The van der Waals surface area contributed by atoms with Gasteiger partial charge in [-0.2, -0.15) is 0 Å². The molecular formula is C64H46N2. The lowest BCUT2D eigenvalue weighted by atomic mass is 9.86. The third-order valence-corrected chi connectivity index (χ3v) is 14.2. The topological polar surface area (TPSA) is 8.17 Å². The molecule has 2 nitrogen and oxygen atoms in total. The normalized spacial score (nSPS) is 12.6. The first kappa shape index (κ1) is 38.3. The minimum Gasteiger partial charge on any atom is -0.310 e.